The number of rotatable bonds is 9. The maximum Gasteiger partial charge on any atom is 0.338 e. The van der Waals surface area contributed by atoms with Crippen LogP contribution in [0.25, 0.3) is 0 Å². The molecule has 0 aliphatic rings. The molecule has 2 amide bonds. The molecule has 0 saturated carbocycles. The van der Waals surface area contributed by atoms with E-state index < -0.39 is 5.97 Å². The zero-order valence-corrected chi connectivity index (χ0v) is 16.9. The molecule has 0 atom stereocenters. The van der Waals surface area contributed by atoms with Gasteiger partial charge in [0.1, 0.15) is 5.75 Å². The number of nitrogens with zero attached hydrogens (tertiary/aromatic N) is 1. The molecule has 0 aliphatic carbocycles. The number of anilines is 1. The smallest absolute Gasteiger partial charge is 0.338 e. The van der Waals surface area contributed by atoms with Crippen LogP contribution in [0.2, 0.25) is 0 Å². The lowest BCUT2D eigenvalue weighted by molar-refractivity contribution is -0.129. The van der Waals surface area contributed by atoms with E-state index in [1.165, 1.54) is 6.92 Å². The Kier molecular flexibility index (Phi) is 8.21. The van der Waals surface area contributed by atoms with Crippen molar-refractivity contribution in [3.63, 3.8) is 0 Å². The Bertz CT molecular complexity index is 831. The maximum absolute atomic E-state index is 12.2. The number of hydrogen-bond donors (Lipinski definition) is 1. The van der Waals surface area contributed by atoms with Gasteiger partial charge in [-0.05, 0) is 48.9 Å². The number of benzene rings is 2. The van der Waals surface area contributed by atoms with Crippen molar-refractivity contribution >= 4 is 23.5 Å². The van der Waals surface area contributed by atoms with Crippen LogP contribution in [0.3, 0.4) is 0 Å². The summed E-state index contributed by atoms with van der Waals surface area (Å²) in [4.78, 5) is 37.4. The summed E-state index contributed by atoms with van der Waals surface area (Å²) in [6.45, 7) is 4.25. The molecular formula is C22H26N2O5. The minimum Gasteiger partial charge on any atom is -0.497 e. The second-order valence-corrected chi connectivity index (χ2v) is 6.38. The normalized spacial score (nSPS) is 10.2. The first-order valence-electron chi connectivity index (χ1n) is 9.38. The van der Waals surface area contributed by atoms with Crippen molar-refractivity contribution in [3.8, 4) is 5.75 Å². The minimum absolute atomic E-state index is 0.104. The molecule has 7 heteroatoms. The van der Waals surface area contributed by atoms with Gasteiger partial charge in [-0.2, -0.15) is 0 Å². The third kappa shape index (κ3) is 6.95. The van der Waals surface area contributed by atoms with E-state index in [0.29, 0.717) is 30.9 Å². The lowest BCUT2D eigenvalue weighted by atomic mass is 10.2. The number of hydrogen-bond acceptors (Lipinski definition) is 5. The van der Waals surface area contributed by atoms with E-state index in [4.69, 9.17) is 9.47 Å². The molecule has 0 aromatic heterocycles. The van der Waals surface area contributed by atoms with Crippen LogP contribution in [-0.4, -0.2) is 42.9 Å². The summed E-state index contributed by atoms with van der Waals surface area (Å²) in [6.07, 6.45) is 0.162. The molecule has 0 aliphatic heterocycles. The molecule has 1 N–H and O–H groups in total. The molecule has 0 fully saturated rings. The molecule has 0 radical (unpaired) electrons. The van der Waals surface area contributed by atoms with E-state index >= 15 is 0 Å². The number of carbonyl (C=O) groups is 3. The van der Waals surface area contributed by atoms with E-state index in [1.807, 2.05) is 24.3 Å². The molecule has 7 nitrogen and oxygen atoms in total. The summed E-state index contributed by atoms with van der Waals surface area (Å²) in [5, 5.41) is 2.77. The SMILES string of the molecule is CCOC(=O)c1ccc(NC(=O)CCN(Cc2ccc(OC)cc2)C(C)=O)cc1. The Labute approximate surface area is 170 Å². The average Bonchev–Trinajstić information content (AvgIpc) is 2.72. The van der Waals surface area contributed by atoms with Gasteiger partial charge in [-0.25, -0.2) is 4.79 Å². The Morgan fingerprint density at radius 3 is 2.21 bits per heavy atom. The summed E-state index contributed by atoms with van der Waals surface area (Å²) in [6, 6.07) is 13.9. The fourth-order valence-electron chi connectivity index (χ4n) is 2.66. The summed E-state index contributed by atoms with van der Waals surface area (Å²) in [7, 11) is 1.60. The monoisotopic (exact) mass is 398 g/mol. The Morgan fingerprint density at radius 2 is 1.66 bits per heavy atom. The van der Waals surface area contributed by atoms with Gasteiger partial charge in [0.25, 0.3) is 0 Å². The fourth-order valence-corrected chi connectivity index (χ4v) is 2.66. The van der Waals surface area contributed by atoms with E-state index in [1.54, 1.807) is 43.2 Å². The highest BCUT2D eigenvalue weighted by Gasteiger charge is 2.13. The molecule has 154 valence electrons. The summed E-state index contributed by atoms with van der Waals surface area (Å²) >= 11 is 0. The molecule has 0 spiro atoms. The molecule has 0 saturated heterocycles. The van der Waals surface area contributed by atoms with Gasteiger partial charge >= 0.3 is 5.97 Å². The zero-order valence-electron chi connectivity index (χ0n) is 16.9. The highest BCUT2D eigenvalue weighted by molar-refractivity contribution is 5.93. The van der Waals surface area contributed by atoms with E-state index in [0.717, 1.165) is 11.3 Å². The first-order valence-corrected chi connectivity index (χ1v) is 9.38. The largest absolute Gasteiger partial charge is 0.497 e. The Hall–Kier alpha value is -3.35. The van der Waals surface area contributed by atoms with Crippen molar-refractivity contribution in [2.24, 2.45) is 0 Å². The van der Waals surface area contributed by atoms with E-state index in [9.17, 15) is 14.4 Å². The quantitative estimate of drug-likeness (QED) is 0.656. The second kappa shape index (κ2) is 10.8. The van der Waals surface area contributed by atoms with Crippen LogP contribution in [-0.2, 0) is 20.9 Å². The lowest BCUT2D eigenvalue weighted by Gasteiger charge is -2.21. The zero-order chi connectivity index (χ0) is 21.2. The van der Waals surface area contributed by atoms with Crippen LogP contribution in [0.1, 0.15) is 36.2 Å². The van der Waals surface area contributed by atoms with Gasteiger partial charge in [0.2, 0.25) is 11.8 Å². The van der Waals surface area contributed by atoms with Crippen molar-refractivity contribution in [1.82, 2.24) is 4.90 Å². The van der Waals surface area contributed by atoms with Crippen LogP contribution in [0, 0.1) is 0 Å². The highest BCUT2D eigenvalue weighted by atomic mass is 16.5. The molecule has 2 aromatic rings. The molecule has 0 unspecified atom stereocenters. The number of carbonyl (C=O) groups excluding carboxylic acids is 3. The van der Waals surface area contributed by atoms with Crippen molar-refractivity contribution in [2.45, 2.75) is 26.8 Å². The number of methoxy groups -OCH3 is 1. The van der Waals surface area contributed by atoms with Crippen LogP contribution >= 0.6 is 0 Å². The standard InChI is InChI=1S/C22H26N2O5/c1-4-29-22(27)18-7-9-19(10-8-18)23-21(26)13-14-24(16(2)25)15-17-5-11-20(28-3)12-6-17/h5-12H,4,13-15H2,1-3H3,(H,23,26). The van der Waals surface area contributed by atoms with E-state index in [2.05, 4.69) is 5.32 Å². The predicted molar refractivity (Wildman–Crippen MR) is 110 cm³/mol. The first-order chi connectivity index (χ1) is 13.9. The first kappa shape index (κ1) is 21.9. The maximum atomic E-state index is 12.2. The van der Waals surface area contributed by atoms with Crippen LogP contribution in [0.15, 0.2) is 48.5 Å². The average molecular weight is 398 g/mol. The Balaban J connectivity index is 1.88. The minimum atomic E-state index is -0.402. The number of nitrogens with one attached hydrogen (secondary N) is 1. The third-order valence-corrected chi connectivity index (χ3v) is 4.27. The molecule has 0 bridgehead atoms. The van der Waals surface area contributed by atoms with Crippen LogP contribution in [0.4, 0.5) is 5.69 Å². The van der Waals surface area contributed by atoms with Crippen molar-refractivity contribution < 1.29 is 23.9 Å². The number of ether oxygens (including phenoxy) is 2. The van der Waals surface area contributed by atoms with Gasteiger partial charge < -0.3 is 19.7 Å². The molecule has 2 rings (SSSR count). The summed E-state index contributed by atoms with van der Waals surface area (Å²) < 4.78 is 10.1. The topological polar surface area (TPSA) is 84.9 Å². The predicted octanol–water partition coefficient (Wildman–Crippen LogP) is 3.25. The van der Waals surface area contributed by atoms with Gasteiger partial charge in [-0.15, -0.1) is 0 Å². The van der Waals surface area contributed by atoms with Gasteiger partial charge in [0.15, 0.2) is 0 Å². The van der Waals surface area contributed by atoms with Crippen molar-refractivity contribution in [2.75, 3.05) is 25.6 Å². The molecule has 2 aromatic carbocycles. The summed E-state index contributed by atoms with van der Waals surface area (Å²) in [5.41, 5.74) is 1.95. The second-order valence-electron chi connectivity index (χ2n) is 6.38. The van der Waals surface area contributed by atoms with Gasteiger partial charge in [0.05, 0.1) is 19.3 Å². The fraction of sp³-hybridized carbons (Fsp3) is 0.318. The third-order valence-electron chi connectivity index (χ3n) is 4.27. The van der Waals surface area contributed by atoms with Gasteiger partial charge in [-0.1, -0.05) is 12.1 Å². The van der Waals surface area contributed by atoms with Crippen LogP contribution in [0.5, 0.6) is 5.75 Å². The van der Waals surface area contributed by atoms with Crippen molar-refractivity contribution in [3.05, 3.63) is 59.7 Å². The Morgan fingerprint density at radius 1 is 1.00 bits per heavy atom. The summed E-state index contributed by atoms with van der Waals surface area (Å²) in [5.74, 6) is 0.0276. The van der Waals surface area contributed by atoms with Gasteiger partial charge in [0, 0.05) is 32.1 Å². The van der Waals surface area contributed by atoms with Crippen LogP contribution < -0.4 is 10.1 Å². The van der Waals surface area contributed by atoms with Gasteiger partial charge in [-0.3, -0.25) is 9.59 Å². The molecule has 29 heavy (non-hydrogen) atoms. The number of amides is 2. The van der Waals surface area contributed by atoms with E-state index in [-0.39, 0.29) is 18.2 Å². The highest BCUT2D eigenvalue weighted by Crippen LogP contribution is 2.14. The molecule has 0 heterocycles. The van der Waals surface area contributed by atoms with Crippen molar-refractivity contribution in [1.29, 1.82) is 0 Å². The lowest BCUT2D eigenvalue weighted by Crippen LogP contribution is -2.31. The molecular weight excluding hydrogens is 372 g/mol. The number of esters is 1.